The highest BCUT2D eigenvalue weighted by molar-refractivity contribution is 6.32. The number of nitrogens with zero attached hydrogens (tertiary/aromatic N) is 2. The molecule has 0 spiro atoms. The first-order valence-electron chi connectivity index (χ1n) is 8.89. The van der Waals surface area contributed by atoms with Crippen molar-refractivity contribution in [1.82, 2.24) is 4.90 Å². The van der Waals surface area contributed by atoms with Gasteiger partial charge in [-0.15, -0.1) is 0 Å². The summed E-state index contributed by atoms with van der Waals surface area (Å²) in [5.41, 5.74) is 0.201. The highest BCUT2D eigenvalue weighted by atomic mass is 35.5. The van der Waals surface area contributed by atoms with Crippen LogP contribution in [-0.4, -0.2) is 37.6 Å². The molecule has 0 atom stereocenters. The first-order valence-corrected chi connectivity index (χ1v) is 9.64. The molecule has 0 N–H and O–H groups in total. The van der Waals surface area contributed by atoms with Crippen molar-refractivity contribution < 1.29 is 14.3 Å². The molecule has 1 saturated heterocycles. The van der Waals surface area contributed by atoms with Gasteiger partial charge in [0.1, 0.15) is 11.5 Å². The van der Waals surface area contributed by atoms with Crippen LogP contribution in [0.4, 0.5) is 0 Å². The normalized spacial score (nSPS) is 15.6. The van der Waals surface area contributed by atoms with Crippen LogP contribution in [0.25, 0.3) is 0 Å². The standard InChI is InChI=1S/C21H20Cl2N2O3/c1-27-19-12-15(2-7-18(19)23)21(14-24)8-10-25(11-9-21)20(26)13-28-17-5-3-16(22)4-6-17/h2-7,12H,8-11,13H2,1H3. The molecule has 1 amide bonds. The maximum absolute atomic E-state index is 12.5. The van der Waals surface area contributed by atoms with Crippen LogP contribution >= 0.6 is 23.2 Å². The van der Waals surface area contributed by atoms with Gasteiger partial charge in [0.25, 0.3) is 5.91 Å². The van der Waals surface area contributed by atoms with Crippen molar-refractivity contribution in [3.05, 3.63) is 58.1 Å². The number of nitriles is 1. The Bertz CT molecular complexity index is 886. The Hall–Kier alpha value is -2.42. The Kier molecular flexibility index (Phi) is 6.33. The molecule has 0 unspecified atom stereocenters. The van der Waals surface area contributed by atoms with Crippen molar-refractivity contribution in [2.45, 2.75) is 18.3 Å². The summed E-state index contributed by atoms with van der Waals surface area (Å²) in [5, 5.41) is 11.0. The minimum atomic E-state index is -0.661. The largest absolute Gasteiger partial charge is 0.495 e. The van der Waals surface area contributed by atoms with Gasteiger partial charge < -0.3 is 14.4 Å². The molecule has 1 fully saturated rings. The van der Waals surface area contributed by atoms with E-state index in [4.69, 9.17) is 32.7 Å². The number of piperidine rings is 1. The number of halogens is 2. The van der Waals surface area contributed by atoms with Gasteiger partial charge in [0.05, 0.1) is 23.6 Å². The van der Waals surface area contributed by atoms with E-state index in [0.29, 0.717) is 47.5 Å². The molecule has 1 aliphatic rings. The molecule has 1 aliphatic heterocycles. The minimum absolute atomic E-state index is 0.0457. The summed E-state index contributed by atoms with van der Waals surface area (Å²) in [6, 6.07) is 14.7. The zero-order valence-electron chi connectivity index (χ0n) is 15.5. The molecule has 2 aromatic rings. The van der Waals surface area contributed by atoms with E-state index in [0.717, 1.165) is 5.56 Å². The fraction of sp³-hybridized carbons (Fsp3) is 0.333. The van der Waals surface area contributed by atoms with Crippen molar-refractivity contribution in [2.75, 3.05) is 26.8 Å². The minimum Gasteiger partial charge on any atom is -0.495 e. The van der Waals surface area contributed by atoms with Crippen LogP contribution in [0, 0.1) is 11.3 Å². The highest BCUT2D eigenvalue weighted by Crippen LogP contribution is 2.38. The van der Waals surface area contributed by atoms with Gasteiger partial charge in [-0.05, 0) is 54.8 Å². The summed E-state index contributed by atoms with van der Waals surface area (Å²) < 4.78 is 10.8. The molecule has 5 nitrogen and oxygen atoms in total. The molecule has 0 aromatic heterocycles. The van der Waals surface area contributed by atoms with Gasteiger partial charge in [0.2, 0.25) is 0 Å². The number of rotatable bonds is 5. The SMILES string of the molecule is COc1cc(C2(C#N)CCN(C(=O)COc3ccc(Cl)cc3)CC2)ccc1Cl. The summed E-state index contributed by atoms with van der Waals surface area (Å²) in [6.07, 6.45) is 1.09. The van der Waals surface area contributed by atoms with Gasteiger partial charge in [0.15, 0.2) is 6.61 Å². The lowest BCUT2D eigenvalue weighted by Gasteiger charge is -2.37. The second-order valence-corrected chi connectivity index (χ2v) is 7.51. The summed E-state index contributed by atoms with van der Waals surface area (Å²) in [7, 11) is 1.55. The molecule has 7 heteroatoms. The Morgan fingerprint density at radius 3 is 2.46 bits per heavy atom. The van der Waals surface area contributed by atoms with Gasteiger partial charge in [-0.1, -0.05) is 29.3 Å². The smallest absolute Gasteiger partial charge is 0.260 e. The van der Waals surface area contributed by atoms with Crippen LogP contribution in [0.3, 0.4) is 0 Å². The van der Waals surface area contributed by atoms with E-state index in [1.165, 1.54) is 0 Å². The first kappa shape index (κ1) is 20.3. The van der Waals surface area contributed by atoms with Gasteiger partial charge in [-0.3, -0.25) is 4.79 Å². The average Bonchev–Trinajstić information content (AvgIpc) is 2.73. The third-order valence-corrected chi connectivity index (χ3v) is 5.63. The monoisotopic (exact) mass is 418 g/mol. The number of carbonyl (C=O) groups excluding carboxylic acids is 1. The van der Waals surface area contributed by atoms with Crippen LogP contribution in [0.2, 0.25) is 10.0 Å². The summed E-state index contributed by atoms with van der Waals surface area (Å²) in [6.45, 7) is 0.929. The maximum Gasteiger partial charge on any atom is 0.260 e. The first-order chi connectivity index (χ1) is 13.5. The van der Waals surface area contributed by atoms with Crippen LogP contribution in [0.15, 0.2) is 42.5 Å². The zero-order valence-corrected chi connectivity index (χ0v) is 17.0. The Morgan fingerprint density at radius 2 is 1.86 bits per heavy atom. The molecule has 0 bridgehead atoms. The molecule has 1 heterocycles. The molecule has 146 valence electrons. The number of methoxy groups -OCH3 is 1. The predicted octanol–water partition coefficient (Wildman–Crippen LogP) is 4.46. The Morgan fingerprint density at radius 1 is 1.18 bits per heavy atom. The van der Waals surface area contributed by atoms with Crippen LogP contribution in [0.5, 0.6) is 11.5 Å². The number of likely N-dealkylation sites (tertiary alicyclic amines) is 1. The molecule has 0 radical (unpaired) electrons. The van der Waals surface area contributed by atoms with E-state index in [9.17, 15) is 10.1 Å². The number of benzene rings is 2. The molecule has 0 saturated carbocycles. The van der Waals surface area contributed by atoms with Crippen molar-refractivity contribution >= 4 is 29.1 Å². The Labute approximate surface area is 174 Å². The molecule has 0 aliphatic carbocycles. The summed E-state index contributed by atoms with van der Waals surface area (Å²) in [4.78, 5) is 14.2. The van der Waals surface area contributed by atoms with Gasteiger partial charge in [-0.2, -0.15) is 5.26 Å². The molecular formula is C21H20Cl2N2O3. The third kappa shape index (κ3) is 4.35. The van der Waals surface area contributed by atoms with Crippen molar-refractivity contribution in [2.24, 2.45) is 0 Å². The molecule has 28 heavy (non-hydrogen) atoms. The van der Waals surface area contributed by atoms with E-state index >= 15 is 0 Å². The van der Waals surface area contributed by atoms with Gasteiger partial charge >= 0.3 is 0 Å². The summed E-state index contributed by atoms with van der Waals surface area (Å²) >= 11 is 11.9. The van der Waals surface area contributed by atoms with Crippen molar-refractivity contribution in [3.8, 4) is 17.6 Å². The Balaban J connectivity index is 1.62. The fourth-order valence-corrected chi connectivity index (χ4v) is 3.65. The average molecular weight is 419 g/mol. The molecule has 3 rings (SSSR count). The zero-order chi connectivity index (χ0) is 20.1. The highest BCUT2D eigenvalue weighted by Gasteiger charge is 2.38. The van der Waals surface area contributed by atoms with E-state index in [2.05, 4.69) is 6.07 Å². The van der Waals surface area contributed by atoms with Crippen molar-refractivity contribution in [3.63, 3.8) is 0 Å². The fourth-order valence-electron chi connectivity index (χ4n) is 3.33. The quantitative estimate of drug-likeness (QED) is 0.718. The number of hydrogen-bond donors (Lipinski definition) is 0. The lowest BCUT2D eigenvalue weighted by molar-refractivity contribution is -0.134. The van der Waals surface area contributed by atoms with Gasteiger partial charge in [0, 0.05) is 18.1 Å². The van der Waals surface area contributed by atoms with E-state index in [1.54, 1.807) is 42.3 Å². The van der Waals surface area contributed by atoms with E-state index in [-0.39, 0.29) is 12.5 Å². The summed E-state index contributed by atoms with van der Waals surface area (Å²) in [5.74, 6) is 1.04. The number of carbonyl (C=O) groups is 1. The third-order valence-electron chi connectivity index (χ3n) is 5.06. The number of hydrogen-bond acceptors (Lipinski definition) is 4. The second-order valence-electron chi connectivity index (χ2n) is 6.67. The lowest BCUT2D eigenvalue weighted by Crippen LogP contribution is -2.46. The van der Waals surface area contributed by atoms with Crippen LogP contribution < -0.4 is 9.47 Å². The van der Waals surface area contributed by atoms with Gasteiger partial charge in [-0.25, -0.2) is 0 Å². The van der Waals surface area contributed by atoms with E-state index < -0.39 is 5.41 Å². The lowest BCUT2D eigenvalue weighted by atomic mass is 9.74. The van der Waals surface area contributed by atoms with Crippen molar-refractivity contribution in [1.29, 1.82) is 5.26 Å². The number of amides is 1. The topological polar surface area (TPSA) is 62.6 Å². The predicted molar refractivity (Wildman–Crippen MR) is 108 cm³/mol. The van der Waals surface area contributed by atoms with Crippen LogP contribution in [0.1, 0.15) is 18.4 Å². The second kappa shape index (κ2) is 8.72. The molecular weight excluding hydrogens is 399 g/mol. The van der Waals surface area contributed by atoms with Crippen LogP contribution in [-0.2, 0) is 10.2 Å². The van der Waals surface area contributed by atoms with E-state index in [1.807, 2.05) is 12.1 Å². The molecule has 2 aromatic carbocycles. The maximum atomic E-state index is 12.5. The number of ether oxygens (including phenoxy) is 2.